The Morgan fingerprint density at radius 2 is 1.54 bits per heavy atom. The molecule has 1 aromatic heterocycles. The molecule has 4 aromatic rings. The van der Waals surface area contributed by atoms with E-state index in [1.54, 1.807) is 11.3 Å². The molecule has 0 amide bonds. The number of hydrogen-bond acceptors (Lipinski definition) is 6. The van der Waals surface area contributed by atoms with Crippen LogP contribution in [0, 0.1) is 0 Å². The molecule has 2 unspecified atom stereocenters. The first-order chi connectivity index (χ1) is 23.4. The van der Waals surface area contributed by atoms with Crippen molar-refractivity contribution in [3.05, 3.63) is 155 Å². The minimum Gasteiger partial charge on any atom is -0.387 e. The lowest BCUT2D eigenvalue weighted by atomic mass is 9.97. The highest BCUT2D eigenvalue weighted by atomic mass is 32.1. The first-order valence-electron chi connectivity index (χ1n) is 17.2. The van der Waals surface area contributed by atoms with Crippen LogP contribution >= 0.6 is 11.3 Å². The fourth-order valence-corrected chi connectivity index (χ4v) is 7.13. The fourth-order valence-electron chi connectivity index (χ4n) is 6.38. The molecule has 5 rings (SSSR count). The molecule has 2 N–H and O–H groups in total. The van der Waals surface area contributed by atoms with Gasteiger partial charge < -0.3 is 25.2 Å². The minimum absolute atomic E-state index is 0.0266. The van der Waals surface area contributed by atoms with Crippen LogP contribution in [0.15, 0.2) is 139 Å². The Bertz CT molecular complexity index is 1560. The number of nitrogens with zero attached hydrogens (tertiary/aromatic N) is 2. The normalized spacial score (nSPS) is 15.4. The van der Waals surface area contributed by atoms with Gasteiger partial charge in [0.2, 0.25) is 0 Å². The smallest absolute Gasteiger partial charge is 0.0859 e. The van der Waals surface area contributed by atoms with Crippen molar-refractivity contribution in [2.24, 2.45) is 0 Å². The largest absolute Gasteiger partial charge is 0.387 e. The van der Waals surface area contributed by atoms with Gasteiger partial charge in [0.25, 0.3) is 0 Å². The van der Waals surface area contributed by atoms with Gasteiger partial charge in [0.05, 0.1) is 25.3 Å². The fraction of sp³-hybridized carbons (Fsp3) is 0.333. The number of ether oxygens (including phenoxy) is 1. The number of thiophene rings is 1. The van der Waals surface area contributed by atoms with Crippen LogP contribution in [0.1, 0.15) is 28.8 Å². The quantitative estimate of drug-likeness (QED) is 0.107. The van der Waals surface area contributed by atoms with Crippen LogP contribution in [0.4, 0.5) is 0 Å². The van der Waals surface area contributed by atoms with Crippen LogP contribution in [-0.4, -0.2) is 68.3 Å². The Morgan fingerprint density at radius 1 is 0.833 bits per heavy atom. The summed E-state index contributed by atoms with van der Waals surface area (Å²) in [6.45, 7) is 16.9. The van der Waals surface area contributed by atoms with E-state index >= 15 is 0 Å². The number of nitrogens with one attached hydrogen (secondary N) is 2. The third-order valence-electron chi connectivity index (χ3n) is 9.50. The molecule has 0 aliphatic carbocycles. The van der Waals surface area contributed by atoms with Gasteiger partial charge in [0.15, 0.2) is 0 Å². The molecule has 1 aliphatic heterocycles. The SMILES string of the molecule is C=C(NCCc1ccccc1)C(Cc1cccs1)N(C)C(=C)[C@@H](Cc1ccc(-c2ccccc2)cc1)N(C)C(=C)COCC1CCCN1. The minimum atomic E-state index is -0.0266. The van der Waals surface area contributed by atoms with Crippen LogP contribution in [0.5, 0.6) is 0 Å². The zero-order valence-corrected chi connectivity index (χ0v) is 29.6. The van der Waals surface area contributed by atoms with Gasteiger partial charge in [0.1, 0.15) is 0 Å². The van der Waals surface area contributed by atoms with Crippen molar-refractivity contribution >= 4 is 11.3 Å². The highest BCUT2D eigenvalue weighted by molar-refractivity contribution is 7.09. The van der Waals surface area contributed by atoms with Crippen molar-refractivity contribution in [3.63, 3.8) is 0 Å². The van der Waals surface area contributed by atoms with Crippen molar-refractivity contribution in [1.29, 1.82) is 0 Å². The zero-order chi connectivity index (χ0) is 33.7. The molecule has 0 bridgehead atoms. The van der Waals surface area contributed by atoms with E-state index in [1.807, 2.05) is 0 Å². The number of hydrogen-bond donors (Lipinski definition) is 2. The summed E-state index contributed by atoms with van der Waals surface area (Å²) in [4.78, 5) is 5.92. The van der Waals surface area contributed by atoms with Gasteiger partial charge in [-0.3, -0.25) is 0 Å². The molecule has 0 radical (unpaired) electrons. The zero-order valence-electron chi connectivity index (χ0n) is 28.7. The second-order valence-corrected chi connectivity index (χ2v) is 13.9. The lowest BCUT2D eigenvalue weighted by Gasteiger charge is -2.41. The van der Waals surface area contributed by atoms with Gasteiger partial charge in [0, 0.05) is 55.1 Å². The first-order valence-corrected chi connectivity index (χ1v) is 18.0. The summed E-state index contributed by atoms with van der Waals surface area (Å²) in [5.41, 5.74) is 7.97. The third-order valence-corrected chi connectivity index (χ3v) is 10.4. The van der Waals surface area contributed by atoms with Crippen LogP contribution in [0.25, 0.3) is 11.1 Å². The topological polar surface area (TPSA) is 39.8 Å². The summed E-state index contributed by atoms with van der Waals surface area (Å²) in [6.07, 6.45) is 4.96. The van der Waals surface area contributed by atoms with Gasteiger partial charge in [-0.05, 0) is 65.9 Å². The molecule has 0 saturated carbocycles. The Balaban J connectivity index is 1.33. The second kappa shape index (κ2) is 17.9. The van der Waals surface area contributed by atoms with Gasteiger partial charge in [-0.1, -0.05) is 111 Å². The van der Waals surface area contributed by atoms with Crippen molar-refractivity contribution in [1.82, 2.24) is 20.4 Å². The predicted octanol–water partition coefficient (Wildman–Crippen LogP) is 7.94. The first kappa shape index (κ1) is 35.2. The monoisotopic (exact) mass is 660 g/mol. The third kappa shape index (κ3) is 9.96. The maximum absolute atomic E-state index is 6.17. The van der Waals surface area contributed by atoms with Crippen molar-refractivity contribution < 1.29 is 4.74 Å². The highest BCUT2D eigenvalue weighted by Crippen LogP contribution is 2.27. The molecule has 48 heavy (non-hydrogen) atoms. The summed E-state index contributed by atoms with van der Waals surface area (Å²) >= 11 is 1.79. The van der Waals surface area contributed by atoms with Crippen LogP contribution in [0.3, 0.4) is 0 Å². The molecule has 3 atom stereocenters. The van der Waals surface area contributed by atoms with Gasteiger partial charge >= 0.3 is 0 Å². The summed E-state index contributed by atoms with van der Waals surface area (Å²) in [5, 5.41) is 9.34. The molecule has 1 saturated heterocycles. The maximum Gasteiger partial charge on any atom is 0.0859 e. The summed E-state index contributed by atoms with van der Waals surface area (Å²) < 4.78 is 6.17. The average Bonchev–Trinajstić information content (AvgIpc) is 3.85. The Hall–Kier alpha value is -4.10. The second-order valence-electron chi connectivity index (χ2n) is 12.9. The molecule has 2 heterocycles. The van der Waals surface area contributed by atoms with Gasteiger partial charge in [-0.25, -0.2) is 0 Å². The van der Waals surface area contributed by atoms with Crippen LogP contribution in [-0.2, 0) is 24.0 Å². The van der Waals surface area contributed by atoms with E-state index in [2.05, 4.69) is 150 Å². The Morgan fingerprint density at radius 3 is 2.21 bits per heavy atom. The average molecular weight is 661 g/mol. The van der Waals surface area contributed by atoms with E-state index in [0.29, 0.717) is 19.3 Å². The lowest BCUT2D eigenvalue weighted by Crippen LogP contribution is -2.46. The van der Waals surface area contributed by atoms with Crippen LogP contribution < -0.4 is 10.6 Å². The molecular weight excluding hydrogens is 609 g/mol. The molecule has 6 heteroatoms. The lowest BCUT2D eigenvalue weighted by molar-refractivity contribution is 0.113. The standard InChI is InChI=1S/C42H52N4OS/c1-32(30-47-31-39-18-12-25-44-39)45(4)42(28-36-20-22-38(23-21-36)37-16-10-7-11-17-37)34(3)46(5)41(29-40-19-13-27-48-40)33(2)43-26-24-35-14-8-6-9-15-35/h6-11,13-17,19-23,27,39,41-44H,1-3,12,18,24-26,28-31H2,4-5H3/t39?,41?,42-/m1/s1. The molecule has 252 valence electrons. The number of benzene rings is 3. The summed E-state index contributed by atoms with van der Waals surface area (Å²) in [7, 11) is 4.29. The van der Waals surface area contributed by atoms with Crippen molar-refractivity contribution in [2.75, 3.05) is 40.4 Å². The maximum atomic E-state index is 6.17. The van der Waals surface area contributed by atoms with E-state index in [1.165, 1.54) is 40.0 Å². The van der Waals surface area contributed by atoms with E-state index in [-0.39, 0.29) is 12.1 Å². The number of rotatable bonds is 19. The summed E-state index contributed by atoms with van der Waals surface area (Å²) in [6, 6.07) is 34.8. The van der Waals surface area contributed by atoms with E-state index in [0.717, 1.165) is 49.4 Å². The van der Waals surface area contributed by atoms with E-state index in [9.17, 15) is 0 Å². The molecule has 5 nitrogen and oxygen atoms in total. The molecule has 0 spiro atoms. The molecule has 3 aromatic carbocycles. The Labute approximate surface area is 292 Å². The Kier molecular flexibility index (Phi) is 13.1. The molecule has 1 aliphatic rings. The van der Waals surface area contributed by atoms with Crippen molar-refractivity contribution in [2.45, 2.75) is 50.2 Å². The van der Waals surface area contributed by atoms with Crippen LogP contribution in [0.2, 0.25) is 0 Å². The summed E-state index contributed by atoms with van der Waals surface area (Å²) in [5.74, 6) is 0. The van der Waals surface area contributed by atoms with E-state index in [4.69, 9.17) is 11.3 Å². The van der Waals surface area contributed by atoms with E-state index < -0.39 is 0 Å². The predicted molar refractivity (Wildman–Crippen MR) is 204 cm³/mol. The highest BCUT2D eigenvalue weighted by Gasteiger charge is 2.28. The number of likely N-dealkylation sites (N-methyl/N-ethyl adjacent to an activating group) is 2. The van der Waals surface area contributed by atoms with Gasteiger partial charge in [-0.2, -0.15) is 0 Å². The van der Waals surface area contributed by atoms with Gasteiger partial charge in [-0.15, -0.1) is 11.3 Å². The molecule has 1 fully saturated rings. The van der Waals surface area contributed by atoms with Crippen molar-refractivity contribution in [3.8, 4) is 11.1 Å². The molecular formula is C42H52N4OS.